The number of aryl methyl sites for hydroxylation is 1. The highest BCUT2D eigenvalue weighted by Gasteiger charge is 2.21. The highest BCUT2D eigenvalue weighted by atomic mass is 16.3. The summed E-state index contributed by atoms with van der Waals surface area (Å²) < 4.78 is 0. The van der Waals surface area contributed by atoms with Gasteiger partial charge in [-0.1, -0.05) is 26.8 Å². The Hall–Kier alpha value is -1.51. The Morgan fingerprint density at radius 2 is 1.93 bits per heavy atom. The van der Waals surface area contributed by atoms with Crippen molar-refractivity contribution in [3.63, 3.8) is 0 Å². The number of nitrogens with one attached hydrogen (secondary N) is 1. The van der Waals surface area contributed by atoms with Crippen molar-refractivity contribution in [2.75, 3.05) is 5.32 Å². The van der Waals surface area contributed by atoms with E-state index >= 15 is 0 Å². The number of aromatic hydroxyl groups is 1. The maximum absolute atomic E-state index is 11.6. The Balaban J connectivity index is 2.83. The molecule has 0 aromatic heterocycles. The molecule has 0 spiro atoms. The zero-order valence-electron chi connectivity index (χ0n) is 9.59. The number of rotatable bonds is 1. The van der Waals surface area contributed by atoms with Crippen LogP contribution in [-0.4, -0.2) is 11.0 Å². The van der Waals surface area contributed by atoms with E-state index in [0.717, 1.165) is 5.56 Å². The summed E-state index contributed by atoms with van der Waals surface area (Å²) in [5.41, 5.74) is 0.988. The number of anilines is 1. The second-order valence-electron chi connectivity index (χ2n) is 4.71. The van der Waals surface area contributed by atoms with Gasteiger partial charge in [-0.3, -0.25) is 4.79 Å². The molecule has 1 aromatic carbocycles. The smallest absolute Gasteiger partial charge is 0.229 e. The summed E-state index contributed by atoms with van der Waals surface area (Å²) in [5, 5.41) is 12.2. The van der Waals surface area contributed by atoms with Crippen molar-refractivity contribution in [1.82, 2.24) is 0 Å². The molecule has 3 heteroatoms. The van der Waals surface area contributed by atoms with Crippen LogP contribution in [0.15, 0.2) is 18.2 Å². The molecule has 0 bridgehead atoms. The molecule has 0 unspecified atom stereocenters. The Bertz CT molecular complexity index is 378. The summed E-state index contributed by atoms with van der Waals surface area (Å²) in [5.74, 6) is 0.132. The van der Waals surface area contributed by atoms with E-state index in [1.54, 1.807) is 18.2 Å². The van der Waals surface area contributed by atoms with Crippen molar-refractivity contribution < 1.29 is 9.90 Å². The highest BCUT2D eigenvalue weighted by Crippen LogP contribution is 2.23. The summed E-state index contributed by atoms with van der Waals surface area (Å²) in [7, 11) is 0. The molecule has 15 heavy (non-hydrogen) atoms. The summed E-state index contributed by atoms with van der Waals surface area (Å²) in [6.45, 7) is 7.34. The number of carbonyl (C=O) groups is 1. The zero-order valence-corrected chi connectivity index (χ0v) is 9.59. The Morgan fingerprint density at radius 3 is 2.40 bits per heavy atom. The molecule has 0 radical (unpaired) electrons. The zero-order chi connectivity index (χ0) is 11.6. The lowest BCUT2D eigenvalue weighted by atomic mass is 9.95. The molecule has 0 atom stereocenters. The quantitative estimate of drug-likeness (QED) is 0.743. The van der Waals surface area contributed by atoms with E-state index < -0.39 is 5.41 Å². The molecular weight excluding hydrogens is 190 g/mol. The van der Waals surface area contributed by atoms with Gasteiger partial charge in [0.1, 0.15) is 5.75 Å². The molecule has 0 aliphatic heterocycles. The molecule has 0 aliphatic carbocycles. The second-order valence-corrected chi connectivity index (χ2v) is 4.71. The first-order chi connectivity index (χ1) is 6.80. The fourth-order valence-electron chi connectivity index (χ4n) is 1.01. The van der Waals surface area contributed by atoms with Crippen molar-refractivity contribution in [3.8, 4) is 5.75 Å². The van der Waals surface area contributed by atoms with E-state index in [1.165, 1.54) is 0 Å². The van der Waals surface area contributed by atoms with Gasteiger partial charge in [0.15, 0.2) is 0 Å². The van der Waals surface area contributed by atoms with Crippen molar-refractivity contribution in [3.05, 3.63) is 23.8 Å². The number of benzene rings is 1. The molecule has 1 aromatic rings. The van der Waals surface area contributed by atoms with Gasteiger partial charge in [0, 0.05) is 17.2 Å². The van der Waals surface area contributed by atoms with Crippen molar-refractivity contribution >= 4 is 11.6 Å². The number of hydrogen-bond acceptors (Lipinski definition) is 2. The van der Waals surface area contributed by atoms with E-state index in [4.69, 9.17) is 0 Å². The first kappa shape index (κ1) is 11.6. The number of amides is 1. The minimum atomic E-state index is -0.430. The van der Waals surface area contributed by atoms with Crippen LogP contribution < -0.4 is 5.32 Å². The van der Waals surface area contributed by atoms with Gasteiger partial charge in [-0.2, -0.15) is 0 Å². The normalized spacial score (nSPS) is 11.2. The highest BCUT2D eigenvalue weighted by molar-refractivity contribution is 5.94. The van der Waals surface area contributed by atoms with E-state index in [0.29, 0.717) is 5.69 Å². The van der Waals surface area contributed by atoms with Gasteiger partial charge >= 0.3 is 0 Å². The van der Waals surface area contributed by atoms with Crippen LogP contribution in [0.1, 0.15) is 26.3 Å². The molecule has 0 aliphatic rings. The molecule has 0 saturated heterocycles. The van der Waals surface area contributed by atoms with Crippen LogP contribution in [0, 0.1) is 12.3 Å². The summed E-state index contributed by atoms with van der Waals surface area (Å²) >= 11 is 0. The lowest BCUT2D eigenvalue weighted by Crippen LogP contribution is -2.27. The van der Waals surface area contributed by atoms with E-state index in [1.807, 2.05) is 27.7 Å². The van der Waals surface area contributed by atoms with Crippen LogP contribution >= 0.6 is 0 Å². The average Bonchev–Trinajstić information content (AvgIpc) is 2.10. The van der Waals surface area contributed by atoms with Gasteiger partial charge in [-0.05, 0) is 18.6 Å². The molecule has 0 saturated carbocycles. The van der Waals surface area contributed by atoms with Crippen molar-refractivity contribution in [2.45, 2.75) is 27.7 Å². The predicted octanol–water partition coefficient (Wildman–Crippen LogP) is 2.69. The molecule has 2 N–H and O–H groups in total. The summed E-state index contributed by atoms with van der Waals surface area (Å²) in [6.07, 6.45) is 0. The van der Waals surface area contributed by atoms with E-state index in [9.17, 15) is 9.90 Å². The first-order valence-corrected chi connectivity index (χ1v) is 4.92. The van der Waals surface area contributed by atoms with Gasteiger partial charge in [-0.25, -0.2) is 0 Å². The van der Waals surface area contributed by atoms with Crippen molar-refractivity contribution in [2.24, 2.45) is 5.41 Å². The fraction of sp³-hybridized carbons (Fsp3) is 0.417. The van der Waals surface area contributed by atoms with E-state index in [2.05, 4.69) is 5.32 Å². The largest absolute Gasteiger partial charge is 0.508 e. The number of phenolic OH excluding ortho intramolecular Hbond substituents is 1. The number of phenols is 1. The maximum atomic E-state index is 11.6. The van der Waals surface area contributed by atoms with Crippen LogP contribution in [0.4, 0.5) is 5.69 Å². The maximum Gasteiger partial charge on any atom is 0.229 e. The third kappa shape index (κ3) is 2.98. The molecule has 0 fully saturated rings. The van der Waals surface area contributed by atoms with Gasteiger partial charge in [0.05, 0.1) is 0 Å². The van der Waals surface area contributed by atoms with Crippen LogP contribution in [0.3, 0.4) is 0 Å². The topological polar surface area (TPSA) is 49.3 Å². The minimum Gasteiger partial charge on any atom is -0.508 e. The van der Waals surface area contributed by atoms with Gasteiger partial charge < -0.3 is 10.4 Å². The van der Waals surface area contributed by atoms with Gasteiger partial charge in [0.2, 0.25) is 5.91 Å². The fourth-order valence-corrected chi connectivity index (χ4v) is 1.01. The van der Waals surface area contributed by atoms with Crippen LogP contribution in [0.5, 0.6) is 5.75 Å². The number of hydrogen-bond donors (Lipinski definition) is 2. The third-order valence-corrected chi connectivity index (χ3v) is 2.15. The Labute approximate surface area is 90.1 Å². The molecule has 82 valence electrons. The lowest BCUT2D eigenvalue weighted by Gasteiger charge is -2.17. The van der Waals surface area contributed by atoms with Gasteiger partial charge in [-0.15, -0.1) is 0 Å². The molecule has 1 rings (SSSR count). The summed E-state index contributed by atoms with van der Waals surface area (Å²) in [4.78, 5) is 11.6. The standard InChI is InChI=1S/C12H17NO2/c1-8-5-6-9(7-10(8)14)13-11(15)12(2,3)4/h5-7,14H,1-4H3,(H,13,15). The van der Waals surface area contributed by atoms with Crippen LogP contribution in [0.2, 0.25) is 0 Å². The van der Waals surface area contributed by atoms with Gasteiger partial charge in [0.25, 0.3) is 0 Å². The number of carbonyl (C=O) groups excluding carboxylic acids is 1. The lowest BCUT2D eigenvalue weighted by molar-refractivity contribution is -0.123. The molecule has 1 amide bonds. The molecular formula is C12H17NO2. The first-order valence-electron chi connectivity index (χ1n) is 4.92. The van der Waals surface area contributed by atoms with Crippen LogP contribution in [-0.2, 0) is 4.79 Å². The molecule has 3 nitrogen and oxygen atoms in total. The third-order valence-electron chi connectivity index (χ3n) is 2.15. The SMILES string of the molecule is Cc1ccc(NC(=O)C(C)(C)C)cc1O. The van der Waals surface area contributed by atoms with E-state index in [-0.39, 0.29) is 11.7 Å². The Morgan fingerprint density at radius 1 is 1.33 bits per heavy atom. The second kappa shape index (κ2) is 3.93. The predicted molar refractivity (Wildman–Crippen MR) is 60.9 cm³/mol. The minimum absolute atomic E-state index is 0.0641. The average molecular weight is 207 g/mol. The van der Waals surface area contributed by atoms with Crippen LogP contribution in [0.25, 0.3) is 0 Å². The van der Waals surface area contributed by atoms with Crippen molar-refractivity contribution in [1.29, 1.82) is 0 Å². The monoisotopic (exact) mass is 207 g/mol. The molecule has 0 heterocycles. The Kier molecular flexibility index (Phi) is 3.03. The summed E-state index contributed by atoms with van der Waals surface area (Å²) in [6, 6.07) is 5.10.